The number of methoxy groups -OCH3 is 1. The van der Waals surface area contributed by atoms with Gasteiger partial charge >= 0.3 is 0 Å². The summed E-state index contributed by atoms with van der Waals surface area (Å²) in [5, 5.41) is 0. The van der Waals surface area contributed by atoms with Crippen LogP contribution in [-0.4, -0.2) is 21.6 Å². The second-order valence-corrected chi connectivity index (χ2v) is 3.13. The fourth-order valence-corrected chi connectivity index (χ4v) is 1.44. The number of ether oxygens (including phenoxy) is 1. The third-order valence-corrected chi connectivity index (χ3v) is 2.11. The average Bonchev–Trinajstić information content (AvgIpc) is 2.61. The van der Waals surface area contributed by atoms with Gasteiger partial charge in [0.15, 0.2) is 5.65 Å². The Morgan fingerprint density at radius 2 is 2.29 bits per heavy atom. The first-order valence-corrected chi connectivity index (χ1v) is 4.71. The first-order valence-electron chi connectivity index (χ1n) is 4.71. The molecule has 74 valence electrons. The molecule has 2 heterocycles. The Morgan fingerprint density at radius 1 is 1.43 bits per heavy atom. The third kappa shape index (κ3) is 1.43. The minimum absolute atomic E-state index is 0.635. The molecule has 2 aromatic rings. The van der Waals surface area contributed by atoms with E-state index in [4.69, 9.17) is 4.74 Å². The summed E-state index contributed by atoms with van der Waals surface area (Å²) in [6.07, 6.45) is 2.89. The SMILES string of the molecule is CCCn1cnc2ccc(OC)nc21. The number of rotatable bonds is 3. The average molecular weight is 191 g/mol. The topological polar surface area (TPSA) is 39.9 Å². The van der Waals surface area contributed by atoms with Crippen LogP contribution in [0, 0.1) is 0 Å². The zero-order chi connectivity index (χ0) is 9.97. The number of nitrogens with zero attached hydrogens (tertiary/aromatic N) is 3. The van der Waals surface area contributed by atoms with Crippen molar-refractivity contribution >= 4 is 11.2 Å². The van der Waals surface area contributed by atoms with Gasteiger partial charge < -0.3 is 9.30 Å². The number of hydrogen-bond donors (Lipinski definition) is 0. The Hall–Kier alpha value is -1.58. The van der Waals surface area contributed by atoms with Gasteiger partial charge in [0.1, 0.15) is 5.52 Å². The molecule has 2 rings (SSSR count). The summed E-state index contributed by atoms with van der Waals surface area (Å²) in [4.78, 5) is 8.61. The largest absolute Gasteiger partial charge is 0.481 e. The highest BCUT2D eigenvalue weighted by Crippen LogP contribution is 2.15. The van der Waals surface area contributed by atoms with E-state index in [1.54, 1.807) is 7.11 Å². The van der Waals surface area contributed by atoms with Gasteiger partial charge in [-0.25, -0.2) is 4.98 Å². The summed E-state index contributed by atoms with van der Waals surface area (Å²) in [6.45, 7) is 3.07. The van der Waals surface area contributed by atoms with E-state index >= 15 is 0 Å². The fraction of sp³-hybridized carbons (Fsp3) is 0.400. The lowest BCUT2D eigenvalue weighted by Gasteiger charge is -2.01. The first kappa shape index (κ1) is 8.99. The van der Waals surface area contributed by atoms with Crippen molar-refractivity contribution in [2.75, 3.05) is 7.11 Å². The van der Waals surface area contributed by atoms with E-state index in [2.05, 4.69) is 16.9 Å². The molecule has 0 radical (unpaired) electrons. The molecule has 14 heavy (non-hydrogen) atoms. The third-order valence-electron chi connectivity index (χ3n) is 2.11. The Balaban J connectivity index is 2.52. The highest BCUT2D eigenvalue weighted by atomic mass is 16.5. The quantitative estimate of drug-likeness (QED) is 0.743. The number of imidazole rings is 1. The highest BCUT2D eigenvalue weighted by molar-refractivity contribution is 5.71. The molecule has 0 bridgehead atoms. The van der Waals surface area contributed by atoms with E-state index < -0.39 is 0 Å². The number of pyridine rings is 1. The fourth-order valence-electron chi connectivity index (χ4n) is 1.44. The van der Waals surface area contributed by atoms with E-state index in [9.17, 15) is 0 Å². The zero-order valence-corrected chi connectivity index (χ0v) is 8.40. The number of hydrogen-bond acceptors (Lipinski definition) is 3. The molecule has 0 unspecified atom stereocenters. The Bertz CT molecular complexity index is 436. The van der Waals surface area contributed by atoms with E-state index in [0.29, 0.717) is 5.88 Å². The minimum atomic E-state index is 0.635. The maximum absolute atomic E-state index is 5.07. The van der Waals surface area contributed by atoms with E-state index in [1.165, 1.54) is 0 Å². The Labute approximate surface area is 82.5 Å². The molecule has 4 heteroatoms. The van der Waals surface area contributed by atoms with Crippen molar-refractivity contribution in [1.82, 2.24) is 14.5 Å². The summed E-state index contributed by atoms with van der Waals surface area (Å²) in [7, 11) is 1.62. The first-order chi connectivity index (χ1) is 6.85. The summed E-state index contributed by atoms with van der Waals surface area (Å²) in [5.41, 5.74) is 1.81. The maximum atomic E-state index is 5.07. The molecule has 2 aromatic heterocycles. The van der Waals surface area contributed by atoms with Gasteiger partial charge in [0.05, 0.1) is 13.4 Å². The van der Waals surface area contributed by atoms with Gasteiger partial charge in [0.2, 0.25) is 5.88 Å². The van der Waals surface area contributed by atoms with Crippen LogP contribution in [0.15, 0.2) is 18.5 Å². The van der Waals surface area contributed by atoms with Crippen molar-refractivity contribution in [3.8, 4) is 5.88 Å². The molecule has 0 saturated heterocycles. The molecule has 0 aromatic carbocycles. The minimum Gasteiger partial charge on any atom is -0.481 e. The molecule has 0 aliphatic rings. The van der Waals surface area contributed by atoms with Gasteiger partial charge in [-0.3, -0.25) is 0 Å². The number of aromatic nitrogens is 3. The standard InChI is InChI=1S/C10H13N3O/c1-3-6-13-7-11-8-4-5-9(14-2)12-10(8)13/h4-5,7H,3,6H2,1-2H3. The van der Waals surface area contributed by atoms with Crippen molar-refractivity contribution in [3.05, 3.63) is 18.5 Å². The summed E-state index contributed by atoms with van der Waals surface area (Å²) >= 11 is 0. The monoisotopic (exact) mass is 191 g/mol. The van der Waals surface area contributed by atoms with Crippen LogP contribution in [0.4, 0.5) is 0 Å². The molecule has 0 amide bonds. The predicted octanol–water partition coefficient (Wildman–Crippen LogP) is 1.85. The van der Waals surface area contributed by atoms with Crippen LogP contribution < -0.4 is 4.74 Å². The van der Waals surface area contributed by atoms with E-state index in [0.717, 1.165) is 24.1 Å². The van der Waals surface area contributed by atoms with Crippen LogP contribution >= 0.6 is 0 Å². The van der Waals surface area contributed by atoms with Crippen LogP contribution in [0.3, 0.4) is 0 Å². The Kier molecular flexibility index (Phi) is 2.35. The molecule has 4 nitrogen and oxygen atoms in total. The van der Waals surface area contributed by atoms with Gasteiger partial charge in [0.25, 0.3) is 0 Å². The van der Waals surface area contributed by atoms with Crippen LogP contribution in [0.2, 0.25) is 0 Å². The van der Waals surface area contributed by atoms with Crippen molar-refractivity contribution in [2.24, 2.45) is 0 Å². The normalized spacial score (nSPS) is 10.7. The second-order valence-electron chi connectivity index (χ2n) is 3.13. The van der Waals surface area contributed by atoms with Crippen molar-refractivity contribution < 1.29 is 4.74 Å². The lowest BCUT2D eigenvalue weighted by molar-refractivity contribution is 0.399. The summed E-state index contributed by atoms with van der Waals surface area (Å²) in [6, 6.07) is 3.75. The maximum Gasteiger partial charge on any atom is 0.215 e. The van der Waals surface area contributed by atoms with Gasteiger partial charge in [-0.1, -0.05) is 6.92 Å². The van der Waals surface area contributed by atoms with Gasteiger partial charge in [-0.15, -0.1) is 0 Å². The second kappa shape index (κ2) is 3.65. The van der Waals surface area contributed by atoms with Crippen LogP contribution in [0.5, 0.6) is 5.88 Å². The van der Waals surface area contributed by atoms with Crippen molar-refractivity contribution in [3.63, 3.8) is 0 Å². The van der Waals surface area contributed by atoms with Crippen LogP contribution in [-0.2, 0) is 6.54 Å². The number of fused-ring (bicyclic) bond motifs is 1. The molecular formula is C10H13N3O. The van der Waals surface area contributed by atoms with Gasteiger partial charge in [-0.05, 0) is 12.5 Å². The molecule has 0 spiro atoms. The smallest absolute Gasteiger partial charge is 0.215 e. The zero-order valence-electron chi connectivity index (χ0n) is 8.40. The van der Waals surface area contributed by atoms with E-state index in [1.807, 2.05) is 23.0 Å². The molecule has 0 aliphatic heterocycles. The summed E-state index contributed by atoms with van der Waals surface area (Å²) in [5.74, 6) is 0.635. The van der Waals surface area contributed by atoms with Gasteiger partial charge in [-0.2, -0.15) is 4.98 Å². The predicted molar refractivity (Wildman–Crippen MR) is 54.4 cm³/mol. The molecule has 0 atom stereocenters. The molecular weight excluding hydrogens is 178 g/mol. The summed E-state index contributed by atoms with van der Waals surface area (Å²) < 4.78 is 7.11. The van der Waals surface area contributed by atoms with Crippen LogP contribution in [0.1, 0.15) is 13.3 Å². The molecule has 0 N–H and O–H groups in total. The van der Waals surface area contributed by atoms with E-state index in [-0.39, 0.29) is 0 Å². The Morgan fingerprint density at radius 3 is 3.00 bits per heavy atom. The van der Waals surface area contributed by atoms with Crippen molar-refractivity contribution in [2.45, 2.75) is 19.9 Å². The van der Waals surface area contributed by atoms with Crippen molar-refractivity contribution in [1.29, 1.82) is 0 Å². The molecule has 0 fully saturated rings. The van der Waals surface area contributed by atoms with Crippen LogP contribution in [0.25, 0.3) is 11.2 Å². The molecule has 0 aliphatic carbocycles. The van der Waals surface area contributed by atoms with Gasteiger partial charge in [0, 0.05) is 12.6 Å². The highest BCUT2D eigenvalue weighted by Gasteiger charge is 2.04. The lowest BCUT2D eigenvalue weighted by Crippen LogP contribution is -1.96. The molecule has 0 saturated carbocycles. The number of aryl methyl sites for hydroxylation is 1. The lowest BCUT2D eigenvalue weighted by atomic mass is 10.4.